The van der Waals surface area contributed by atoms with Crippen molar-refractivity contribution in [2.75, 3.05) is 17.2 Å². The number of nitrogen functional groups attached to an aromatic ring is 1. The van der Waals surface area contributed by atoms with Crippen LogP contribution in [0, 0.1) is 0 Å². The lowest BCUT2D eigenvalue weighted by molar-refractivity contribution is 0.681. The zero-order valence-corrected chi connectivity index (χ0v) is 11.5. The zero-order valence-electron chi connectivity index (χ0n) is 10.6. The fraction of sp³-hybridized carbons (Fsp3) is 0.615. The number of thioether (sulfide) groups is 1. The van der Waals surface area contributed by atoms with Crippen LogP contribution in [0.5, 0.6) is 0 Å². The molecule has 2 heterocycles. The Kier molecular flexibility index (Phi) is 3.82. The minimum Gasteiger partial charge on any atom is -0.384 e. The van der Waals surface area contributed by atoms with Crippen LogP contribution < -0.4 is 5.73 Å². The molecule has 1 unspecified atom stereocenters. The van der Waals surface area contributed by atoms with Gasteiger partial charge in [-0.2, -0.15) is 11.8 Å². The van der Waals surface area contributed by atoms with Crippen molar-refractivity contribution in [3.05, 3.63) is 24.2 Å². The van der Waals surface area contributed by atoms with E-state index in [0.29, 0.717) is 11.8 Å². The van der Waals surface area contributed by atoms with Crippen LogP contribution in [0.4, 0.5) is 5.82 Å². The summed E-state index contributed by atoms with van der Waals surface area (Å²) < 4.78 is 2.11. The predicted octanol–water partition coefficient (Wildman–Crippen LogP) is 3.00. The Balaban J connectivity index is 2.39. The molecule has 0 aromatic carbocycles. The molecule has 3 nitrogen and oxygen atoms in total. The SMILES string of the molecule is C=CCn1c(C(C)C)nc(C2CCSC2)c1N. The first kappa shape index (κ1) is 12.6. The van der Waals surface area contributed by atoms with Gasteiger partial charge >= 0.3 is 0 Å². The number of rotatable bonds is 4. The average Bonchev–Trinajstić information content (AvgIpc) is 2.88. The summed E-state index contributed by atoms with van der Waals surface area (Å²) in [4.78, 5) is 4.79. The van der Waals surface area contributed by atoms with Crippen LogP contribution in [-0.4, -0.2) is 21.1 Å². The lowest BCUT2D eigenvalue weighted by Gasteiger charge is -2.09. The Morgan fingerprint density at radius 3 is 2.94 bits per heavy atom. The molecule has 1 aromatic rings. The summed E-state index contributed by atoms with van der Waals surface area (Å²) in [5.74, 6) is 5.28. The first-order chi connectivity index (χ1) is 8.15. The molecule has 1 atom stereocenters. The third kappa shape index (κ3) is 2.37. The molecule has 1 aliphatic heterocycles. The molecule has 0 aliphatic carbocycles. The second-order valence-corrected chi connectivity index (χ2v) is 6.00. The van der Waals surface area contributed by atoms with Gasteiger partial charge in [0.2, 0.25) is 0 Å². The van der Waals surface area contributed by atoms with Gasteiger partial charge < -0.3 is 10.3 Å². The molecule has 2 rings (SSSR count). The van der Waals surface area contributed by atoms with Crippen molar-refractivity contribution in [1.29, 1.82) is 0 Å². The largest absolute Gasteiger partial charge is 0.384 e. The fourth-order valence-electron chi connectivity index (χ4n) is 2.32. The summed E-state index contributed by atoms with van der Waals surface area (Å²) in [6, 6.07) is 0. The van der Waals surface area contributed by atoms with Crippen LogP contribution >= 0.6 is 11.8 Å². The van der Waals surface area contributed by atoms with Gasteiger partial charge in [-0.05, 0) is 12.2 Å². The van der Waals surface area contributed by atoms with Crippen molar-refractivity contribution < 1.29 is 0 Å². The van der Waals surface area contributed by atoms with E-state index in [4.69, 9.17) is 10.7 Å². The average molecular weight is 251 g/mol. The molecule has 1 aliphatic rings. The molecule has 0 radical (unpaired) electrons. The second kappa shape index (κ2) is 5.17. The van der Waals surface area contributed by atoms with E-state index in [9.17, 15) is 0 Å². The highest BCUT2D eigenvalue weighted by Gasteiger charge is 2.25. The van der Waals surface area contributed by atoms with Gasteiger partial charge in [0.25, 0.3) is 0 Å². The van der Waals surface area contributed by atoms with Crippen molar-refractivity contribution in [2.45, 2.75) is 38.6 Å². The fourth-order valence-corrected chi connectivity index (χ4v) is 3.54. The summed E-state index contributed by atoms with van der Waals surface area (Å²) in [7, 11) is 0. The van der Waals surface area contributed by atoms with Gasteiger partial charge in [0.1, 0.15) is 11.6 Å². The summed E-state index contributed by atoms with van der Waals surface area (Å²) in [6.45, 7) is 8.87. The molecule has 94 valence electrons. The van der Waals surface area contributed by atoms with Crippen LogP contribution in [0.25, 0.3) is 0 Å². The number of hydrogen-bond donors (Lipinski definition) is 1. The lowest BCUT2D eigenvalue weighted by atomic mass is 10.1. The molecular weight excluding hydrogens is 230 g/mol. The molecular formula is C13H21N3S. The van der Waals surface area contributed by atoms with Crippen molar-refractivity contribution in [3.63, 3.8) is 0 Å². The van der Waals surface area contributed by atoms with Gasteiger partial charge in [0.05, 0.1) is 5.69 Å². The number of anilines is 1. The summed E-state index contributed by atoms with van der Waals surface area (Å²) in [5.41, 5.74) is 7.36. The smallest absolute Gasteiger partial charge is 0.127 e. The number of imidazole rings is 1. The van der Waals surface area contributed by atoms with E-state index in [0.717, 1.165) is 29.6 Å². The second-order valence-electron chi connectivity index (χ2n) is 4.85. The molecule has 0 saturated carbocycles. The van der Waals surface area contributed by atoms with E-state index in [1.807, 2.05) is 17.8 Å². The van der Waals surface area contributed by atoms with Crippen LogP contribution in [0.2, 0.25) is 0 Å². The van der Waals surface area contributed by atoms with Gasteiger partial charge in [-0.25, -0.2) is 4.98 Å². The number of aromatic nitrogens is 2. The molecule has 0 bridgehead atoms. The molecule has 4 heteroatoms. The zero-order chi connectivity index (χ0) is 12.4. The lowest BCUT2D eigenvalue weighted by Crippen LogP contribution is -2.08. The monoisotopic (exact) mass is 251 g/mol. The maximum Gasteiger partial charge on any atom is 0.127 e. The summed E-state index contributed by atoms with van der Waals surface area (Å²) >= 11 is 2.00. The normalized spacial score (nSPS) is 20.1. The highest BCUT2D eigenvalue weighted by Crippen LogP contribution is 2.36. The molecule has 1 aromatic heterocycles. The number of nitrogens with zero attached hydrogens (tertiary/aromatic N) is 2. The van der Waals surface area contributed by atoms with Crippen LogP contribution in [-0.2, 0) is 6.54 Å². The Bertz CT molecular complexity index is 403. The van der Waals surface area contributed by atoms with E-state index < -0.39 is 0 Å². The molecule has 1 saturated heterocycles. The maximum absolute atomic E-state index is 6.25. The molecule has 0 amide bonds. The van der Waals surface area contributed by atoms with Crippen LogP contribution in [0.1, 0.15) is 43.6 Å². The van der Waals surface area contributed by atoms with Crippen molar-refractivity contribution in [3.8, 4) is 0 Å². The quantitative estimate of drug-likeness (QED) is 0.837. The van der Waals surface area contributed by atoms with Gasteiger partial charge in [-0.1, -0.05) is 19.9 Å². The third-order valence-electron chi connectivity index (χ3n) is 3.21. The Labute approximate surface area is 107 Å². The molecule has 17 heavy (non-hydrogen) atoms. The van der Waals surface area contributed by atoms with Crippen LogP contribution in [0.3, 0.4) is 0 Å². The van der Waals surface area contributed by atoms with E-state index in [2.05, 4.69) is 25.0 Å². The van der Waals surface area contributed by atoms with Gasteiger partial charge in [-0.3, -0.25) is 0 Å². The van der Waals surface area contributed by atoms with E-state index in [1.165, 1.54) is 12.2 Å². The van der Waals surface area contributed by atoms with Crippen LogP contribution in [0.15, 0.2) is 12.7 Å². The van der Waals surface area contributed by atoms with Gasteiger partial charge in [-0.15, -0.1) is 6.58 Å². The Morgan fingerprint density at radius 2 is 2.41 bits per heavy atom. The van der Waals surface area contributed by atoms with Gasteiger partial charge in [0, 0.05) is 24.1 Å². The highest BCUT2D eigenvalue weighted by atomic mass is 32.2. The summed E-state index contributed by atoms with van der Waals surface area (Å²) in [5, 5.41) is 0. The Hall–Kier alpha value is -0.900. The van der Waals surface area contributed by atoms with E-state index in [1.54, 1.807) is 0 Å². The van der Waals surface area contributed by atoms with Crippen molar-refractivity contribution in [1.82, 2.24) is 9.55 Å². The topological polar surface area (TPSA) is 43.8 Å². The molecule has 2 N–H and O–H groups in total. The van der Waals surface area contributed by atoms with E-state index >= 15 is 0 Å². The standard InChI is InChI=1S/C13H21N3S/c1-4-6-16-12(14)11(10-5-7-17-8-10)15-13(16)9(2)3/h4,9-10H,1,5-8,14H2,2-3H3. The van der Waals surface area contributed by atoms with Gasteiger partial charge in [0.15, 0.2) is 0 Å². The molecule has 0 spiro atoms. The van der Waals surface area contributed by atoms with Crippen molar-refractivity contribution >= 4 is 17.6 Å². The third-order valence-corrected chi connectivity index (χ3v) is 4.37. The number of nitrogens with two attached hydrogens (primary N) is 1. The minimum atomic E-state index is 0.403. The highest BCUT2D eigenvalue weighted by molar-refractivity contribution is 7.99. The Morgan fingerprint density at radius 1 is 1.65 bits per heavy atom. The first-order valence-corrected chi connectivity index (χ1v) is 7.35. The number of hydrogen-bond acceptors (Lipinski definition) is 3. The minimum absolute atomic E-state index is 0.403. The maximum atomic E-state index is 6.25. The molecule has 1 fully saturated rings. The first-order valence-electron chi connectivity index (χ1n) is 6.19. The van der Waals surface area contributed by atoms with Crippen molar-refractivity contribution in [2.24, 2.45) is 0 Å². The van der Waals surface area contributed by atoms with E-state index in [-0.39, 0.29) is 0 Å². The summed E-state index contributed by atoms with van der Waals surface area (Å²) in [6.07, 6.45) is 3.09. The number of allylic oxidation sites excluding steroid dienone is 1. The predicted molar refractivity (Wildman–Crippen MR) is 75.6 cm³/mol.